The van der Waals surface area contributed by atoms with Crippen molar-refractivity contribution < 1.29 is 18.9 Å². The van der Waals surface area contributed by atoms with Crippen molar-refractivity contribution in [1.29, 1.82) is 0 Å². The lowest BCUT2D eigenvalue weighted by Gasteiger charge is -2.06. The van der Waals surface area contributed by atoms with Crippen molar-refractivity contribution in [2.24, 2.45) is 5.10 Å². The van der Waals surface area contributed by atoms with Gasteiger partial charge in [0.2, 0.25) is 0 Å². The molecule has 0 spiro atoms. The van der Waals surface area contributed by atoms with E-state index in [4.69, 9.17) is 9.15 Å². The summed E-state index contributed by atoms with van der Waals surface area (Å²) in [7, 11) is 0. The molecule has 120 valence electrons. The van der Waals surface area contributed by atoms with Crippen LogP contribution in [0.3, 0.4) is 0 Å². The monoisotopic (exact) mass is 317 g/mol. The maximum atomic E-state index is 11.6. The van der Waals surface area contributed by atoms with Crippen molar-refractivity contribution in [1.82, 2.24) is 5.43 Å². The van der Waals surface area contributed by atoms with E-state index in [9.17, 15) is 14.9 Å². The van der Waals surface area contributed by atoms with E-state index in [1.165, 1.54) is 18.3 Å². The number of furan rings is 1. The predicted octanol–water partition coefficient (Wildman–Crippen LogP) is 2.33. The van der Waals surface area contributed by atoms with Crippen molar-refractivity contribution in [3.05, 3.63) is 57.5 Å². The van der Waals surface area contributed by atoms with Gasteiger partial charge in [0.25, 0.3) is 5.91 Å². The summed E-state index contributed by atoms with van der Waals surface area (Å²) in [5.74, 6) is 0.714. The van der Waals surface area contributed by atoms with E-state index in [1.54, 1.807) is 32.0 Å². The first-order valence-corrected chi connectivity index (χ1v) is 6.72. The van der Waals surface area contributed by atoms with Crippen LogP contribution in [-0.4, -0.2) is 23.7 Å². The summed E-state index contributed by atoms with van der Waals surface area (Å²) in [5.41, 5.74) is 2.79. The third kappa shape index (κ3) is 4.67. The molecule has 2 aromatic rings. The second-order valence-corrected chi connectivity index (χ2v) is 4.76. The first-order valence-electron chi connectivity index (χ1n) is 6.72. The maximum absolute atomic E-state index is 11.6. The fourth-order valence-electron chi connectivity index (χ4n) is 1.76. The number of benzene rings is 1. The Kier molecular flexibility index (Phi) is 5.08. The quantitative estimate of drug-likeness (QED) is 0.500. The molecule has 0 aliphatic heterocycles. The molecular weight excluding hydrogens is 302 g/mol. The molecule has 0 saturated heterocycles. The van der Waals surface area contributed by atoms with Crippen LogP contribution >= 0.6 is 0 Å². The van der Waals surface area contributed by atoms with Crippen LogP contribution in [0.15, 0.2) is 39.9 Å². The Bertz CT molecular complexity index is 751. The minimum Gasteiger partial charge on any atom is -0.477 e. The molecule has 0 radical (unpaired) electrons. The zero-order chi connectivity index (χ0) is 16.8. The highest BCUT2D eigenvalue weighted by molar-refractivity contribution is 5.81. The smallest absolute Gasteiger partial charge is 0.311 e. The molecule has 0 aliphatic rings. The van der Waals surface area contributed by atoms with Gasteiger partial charge in [-0.2, -0.15) is 5.10 Å². The summed E-state index contributed by atoms with van der Waals surface area (Å²) in [6, 6.07) is 7.97. The van der Waals surface area contributed by atoms with Crippen molar-refractivity contribution in [3.8, 4) is 5.75 Å². The number of nitrogens with one attached hydrogen (secondary N) is 1. The van der Waals surface area contributed by atoms with Gasteiger partial charge >= 0.3 is 5.69 Å². The SMILES string of the molecule is Cc1ccc(OCC(=O)N/N=C/c2ccc(C)o2)c([N+](=O)[O-])c1. The summed E-state index contributed by atoms with van der Waals surface area (Å²) < 4.78 is 10.4. The molecule has 0 fully saturated rings. The lowest BCUT2D eigenvalue weighted by molar-refractivity contribution is -0.385. The fraction of sp³-hybridized carbons (Fsp3) is 0.200. The average Bonchev–Trinajstić information content (AvgIpc) is 2.91. The highest BCUT2D eigenvalue weighted by Gasteiger charge is 2.16. The maximum Gasteiger partial charge on any atom is 0.311 e. The van der Waals surface area contributed by atoms with Crippen molar-refractivity contribution in [2.75, 3.05) is 6.61 Å². The third-order valence-corrected chi connectivity index (χ3v) is 2.81. The van der Waals surface area contributed by atoms with Gasteiger partial charge in [-0.25, -0.2) is 5.43 Å². The van der Waals surface area contributed by atoms with Gasteiger partial charge in [0.15, 0.2) is 12.4 Å². The van der Waals surface area contributed by atoms with E-state index in [-0.39, 0.29) is 11.4 Å². The molecule has 1 heterocycles. The van der Waals surface area contributed by atoms with Gasteiger partial charge in [-0.15, -0.1) is 0 Å². The Morgan fingerprint density at radius 3 is 2.83 bits per heavy atom. The number of ether oxygens (including phenoxy) is 1. The molecule has 2 rings (SSSR count). The van der Waals surface area contributed by atoms with Crippen LogP contribution in [0.1, 0.15) is 17.1 Å². The van der Waals surface area contributed by atoms with Crippen LogP contribution in [0.4, 0.5) is 5.69 Å². The molecule has 0 atom stereocenters. The molecule has 1 N–H and O–H groups in total. The van der Waals surface area contributed by atoms with Gasteiger partial charge in [-0.1, -0.05) is 6.07 Å². The number of nitro groups is 1. The van der Waals surface area contributed by atoms with Crippen LogP contribution in [0.5, 0.6) is 5.75 Å². The lowest BCUT2D eigenvalue weighted by Crippen LogP contribution is -2.24. The molecule has 0 saturated carbocycles. The van der Waals surface area contributed by atoms with E-state index < -0.39 is 17.4 Å². The number of nitrogens with zero attached hydrogens (tertiary/aromatic N) is 2. The zero-order valence-corrected chi connectivity index (χ0v) is 12.6. The number of rotatable bonds is 6. The van der Waals surface area contributed by atoms with E-state index in [2.05, 4.69) is 10.5 Å². The number of nitro benzene ring substituents is 1. The topological polar surface area (TPSA) is 107 Å². The van der Waals surface area contributed by atoms with Gasteiger partial charge in [-0.3, -0.25) is 14.9 Å². The number of hydrogen-bond acceptors (Lipinski definition) is 6. The van der Waals surface area contributed by atoms with Crippen LogP contribution in [-0.2, 0) is 4.79 Å². The standard InChI is InChI=1S/C15H15N3O5/c1-10-3-6-14(13(7-10)18(20)21)22-9-15(19)17-16-8-12-5-4-11(2)23-12/h3-8H,9H2,1-2H3,(H,17,19)/b16-8+. The Hall–Kier alpha value is -3.16. The number of hydrogen-bond donors (Lipinski definition) is 1. The summed E-state index contributed by atoms with van der Waals surface area (Å²) in [5, 5.41) is 14.6. The number of aryl methyl sites for hydroxylation is 2. The molecule has 1 aromatic carbocycles. The highest BCUT2D eigenvalue weighted by Crippen LogP contribution is 2.27. The van der Waals surface area contributed by atoms with Crippen LogP contribution in [0.2, 0.25) is 0 Å². The molecule has 8 heteroatoms. The van der Waals surface area contributed by atoms with Crippen LogP contribution < -0.4 is 10.2 Å². The molecular formula is C15H15N3O5. The minimum atomic E-state index is -0.558. The summed E-state index contributed by atoms with van der Waals surface area (Å²) >= 11 is 0. The molecule has 8 nitrogen and oxygen atoms in total. The molecule has 0 unspecified atom stereocenters. The minimum absolute atomic E-state index is 0.0291. The molecule has 23 heavy (non-hydrogen) atoms. The van der Waals surface area contributed by atoms with Crippen molar-refractivity contribution in [3.63, 3.8) is 0 Å². The highest BCUT2D eigenvalue weighted by atomic mass is 16.6. The van der Waals surface area contributed by atoms with Gasteiger partial charge in [-0.05, 0) is 37.6 Å². The van der Waals surface area contributed by atoms with Gasteiger partial charge in [0.1, 0.15) is 11.5 Å². The first-order chi connectivity index (χ1) is 11.0. The van der Waals surface area contributed by atoms with Crippen molar-refractivity contribution >= 4 is 17.8 Å². The molecule has 0 aliphatic carbocycles. The zero-order valence-electron chi connectivity index (χ0n) is 12.6. The summed E-state index contributed by atoms with van der Waals surface area (Å²) in [4.78, 5) is 22.0. The lowest BCUT2D eigenvalue weighted by atomic mass is 10.2. The summed E-state index contributed by atoms with van der Waals surface area (Å²) in [6.45, 7) is 3.13. The third-order valence-electron chi connectivity index (χ3n) is 2.81. The Labute approximate surface area is 131 Å². The van der Waals surface area contributed by atoms with Crippen molar-refractivity contribution in [2.45, 2.75) is 13.8 Å². The number of carbonyl (C=O) groups is 1. The van der Waals surface area contributed by atoms with E-state index in [0.29, 0.717) is 5.76 Å². The van der Waals surface area contributed by atoms with Gasteiger partial charge in [0, 0.05) is 6.07 Å². The second-order valence-electron chi connectivity index (χ2n) is 4.76. The Balaban J connectivity index is 1.89. The predicted molar refractivity (Wildman–Crippen MR) is 82.5 cm³/mol. The van der Waals surface area contributed by atoms with E-state index in [1.807, 2.05) is 0 Å². The number of hydrazone groups is 1. The molecule has 0 bridgehead atoms. The summed E-state index contributed by atoms with van der Waals surface area (Å²) in [6.07, 6.45) is 1.35. The first kappa shape index (κ1) is 16.2. The number of amides is 1. The second kappa shape index (κ2) is 7.21. The normalized spacial score (nSPS) is 10.7. The Morgan fingerprint density at radius 2 is 2.17 bits per heavy atom. The van der Waals surface area contributed by atoms with Gasteiger partial charge in [0.05, 0.1) is 11.1 Å². The largest absolute Gasteiger partial charge is 0.477 e. The number of carbonyl (C=O) groups excluding carboxylic acids is 1. The van der Waals surface area contributed by atoms with E-state index >= 15 is 0 Å². The fourth-order valence-corrected chi connectivity index (χ4v) is 1.76. The van der Waals surface area contributed by atoms with Gasteiger partial charge < -0.3 is 9.15 Å². The van der Waals surface area contributed by atoms with Crippen LogP contribution in [0, 0.1) is 24.0 Å². The molecule has 1 amide bonds. The Morgan fingerprint density at radius 1 is 1.39 bits per heavy atom. The van der Waals surface area contributed by atoms with Crippen LogP contribution in [0.25, 0.3) is 0 Å². The van der Waals surface area contributed by atoms with E-state index in [0.717, 1.165) is 11.3 Å². The molecule has 1 aromatic heterocycles. The average molecular weight is 317 g/mol.